The summed E-state index contributed by atoms with van der Waals surface area (Å²) < 4.78 is 14.5. The number of halogens is 1. The van der Waals surface area contributed by atoms with E-state index in [1.807, 2.05) is 18.2 Å². The van der Waals surface area contributed by atoms with Crippen molar-refractivity contribution in [3.63, 3.8) is 0 Å². The third-order valence-electron chi connectivity index (χ3n) is 7.51. The zero-order valence-electron chi connectivity index (χ0n) is 21.3. The molecule has 38 heavy (non-hydrogen) atoms. The predicted molar refractivity (Wildman–Crippen MR) is 140 cm³/mol. The Hall–Kier alpha value is -4.11. The Morgan fingerprint density at radius 2 is 1.84 bits per heavy atom. The van der Waals surface area contributed by atoms with E-state index in [9.17, 15) is 23.9 Å². The van der Waals surface area contributed by atoms with Crippen LogP contribution >= 0.6 is 0 Å². The van der Waals surface area contributed by atoms with Crippen LogP contribution in [0.1, 0.15) is 46.0 Å². The minimum absolute atomic E-state index is 0.00929. The summed E-state index contributed by atoms with van der Waals surface area (Å²) in [6, 6.07) is 12.1. The largest absolute Gasteiger partial charge is 0.396 e. The molecule has 0 radical (unpaired) electrons. The number of aliphatic hydroxyl groups is 1. The quantitative estimate of drug-likeness (QED) is 0.501. The van der Waals surface area contributed by atoms with Gasteiger partial charge in [0, 0.05) is 43.5 Å². The van der Waals surface area contributed by atoms with Gasteiger partial charge in [-0.15, -0.1) is 0 Å². The van der Waals surface area contributed by atoms with Crippen LogP contribution in [-0.4, -0.2) is 59.0 Å². The minimum atomic E-state index is -0.816. The van der Waals surface area contributed by atoms with Crippen molar-refractivity contribution < 1.29 is 23.9 Å². The van der Waals surface area contributed by atoms with Gasteiger partial charge >= 0.3 is 0 Å². The Bertz CT molecular complexity index is 1410. The van der Waals surface area contributed by atoms with Gasteiger partial charge in [0.1, 0.15) is 11.9 Å². The topological polar surface area (TPSA) is 103 Å². The summed E-state index contributed by atoms with van der Waals surface area (Å²) >= 11 is 0. The summed E-state index contributed by atoms with van der Waals surface area (Å²) in [4.78, 5) is 46.6. The molecule has 1 saturated carbocycles. The summed E-state index contributed by atoms with van der Waals surface area (Å²) in [5.74, 6) is -1.71. The average molecular weight is 517 g/mol. The van der Waals surface area contributed by atoms with Gasteiger partial charge in [-0.25, -0.2) is 4.39 Å². The fourth-order valence-corrected chi connectivity index (χ4v) is 4.79. The molecule has 1 fully saturated rings. The number of fused-ring (bicyclic) bond motifs is 1. The van der Waals surface area contributed by atoms with Gasteiger partial charge in [0.05, 0.1) is 17.9 Å². The maximum absolute atomic E-state index is 14.5. The molecule has 2 N–H and O–H groups in total. The number of amides is 3. The van der Waals surface area contributed by atoms with Crippen molar-refractivity contribution in [1.82, 2.24) is 15.2 Å². The third kappa shape index (κ3) is 4.89. The summed E-state index contributed by atoms with van der Waals surface area (Å²) in [7, 11) is 1.63. The summed E-state index contributed by atoms with van der Waals surface area (Å²) in [6.45, 7) is 1.90. The van der Waals surface area contributed by atoms with Gasteiger partial charge < -0.3 is 20.2 Å². The van der Waals surface area contributed by atoms with Gasteiger partial charge in [0.15, 0.2) is 0 Å². The van der Waals surface area contributed by atoms with Crippen LogP contribution in [0.25, 0.3) is 11.1 Å². The number of aliphatic hydroxyl groups excluding tert-OH is 1. The van der Waals surface area contributed by atoms with E-state index in [1.54, 1.807) is 38.5 Å². The molecule has 5 rings (SSSR count). The maximum atomic E-state index is 14.5. The van der Waals surface area contributed by atoms with Crippen LogP contribution in [0.5, 0.6) is 0 Å². The fraction of sp³-hybridized carbons (Fsp3) is 0.310. The molecule has 1 aliphatic heterocycles. The number of likely N-dealkylation sites (N-methyl/N-ethyl adjacent to an activating group) is 1. The lowest BCUT2D eigenvalue weighted by molar-refractivity contribution is -0.122. The number of rotatable bonds is 7. The molecule has 9 heteroatoms. The van der Waals surface area contributed by atoms with E-state index < -0.39 is 17.8 Å². The van der Waals surface area contributed by atoms with Crippen LogP contribution in [0.4, 0.5) is 10.1 Å². The predicted octanol–water partition coefficient (Wildman–Crippen LogP) is 3.40. The van der Waals surface area contributed by atoms with Gasteiger partial charge in [-0.05, 0) is 78.9 Å². The van der Waals surface area contributed by atoms with Crippen LogP contribution in [0.2, 0.25) is 0 Å². The summed E-state index contributed by atoms with van der Waals surface area (Å²) in [6.07, 6.45) is 5.02. The molecular weight excluding hydrogens is 487 g/mol. The van der Waals surface area contributed by atoms with Gasteiger partial charge in [-0.3, -0.25) is 19.4 Å². The van der Waals surface area contributed by atoms with Crippen molar-refractivity contribution in [3.05, 3.63) is 83.4 Å². The second-order valence-electron chi connectivity index (χ2n) is 10.2. The van der Waals surface area contributed by atoms with Crippen LogP contribution in [0, 0.1) is 11.2 Å². The van der Waals surface area contributed by atoms with Gasteiger partial charge in [0.25, 0.3) is 11.8 Å². The molecule has 1 aromatic heterocycles. The molecule has 3 aromatic rings. The van der Waals surface area contributed by atoms with Crippen molar-refractivity contribution in [3.8, 4) is 11.1 Å². The van der Waals surface area contributed by atoms with Crippen LogP contribution in [0.3, 0.4) is 0 Å². The van der Waals surface area contributed by atoms with E-state index in [1.165, 1.54) is 21.9 Å². The third-order valence-corrected chi connectivity index (χ3v) is 7.51. The lowest BCUT2D eigenvalue weighted by Crippen LogP contribution is -2.45. The molecule has 3 amide bonds. The molecule has 0 spiro atoms. The van der Waals surface area contributed by atoms with E-state index >= 15 is 0 Å². The number of aromatic nitrogens is 1. The Morgan fingerprint density at radius 3 is 2.53 bits per heavy atom. The Labute approximate surface area is 220 Å². The standard InChI is InChI=1S/C29H29FN4O4/c1-18-27(37)33(2)25-14-21(20-5-9-31-10-6-20)3-4-24(25)28(38)34(18)15-19-11-22(13-23(30)12-19)26(36)32-16-29(17-35)7-8-29/h3-6,9-14,18,35H,7-8,15-17H2,1-2H3,(H,32,36)/t18-/m1/s1. The second kappa shape index (κ2) is 9.98. The first-order valence-electron chi connectivity index (χ1n) is 12.5. The first kappa shape index (κ1) is 25.5. The zero-order chi connectivity index (χ0) is 27.0. The molecule has 2 aromatic carbocycles. The fourth-order valence-electron chi connectivity index (χ4n) is 4.79. The zero-order valence-corrected chi connectivity index (χ0v) is 21.3. The van der Waals surface area contributed by atoms with Crippen molar-refractivity contribution in [2.75, 3.05) is 25.1 Å². The van der Waals surface area contributed by atoms with Crippen molar-refractivity contribution in [1.29, 1.82) is 0 Å². The Kier molecular flexibility index (Phi) is 6.71. The highest BCUT2D eigenvalue weighted by Gasteiger charge is 2.42. The van der Waals surface area contributed by atoms with E-state index in [4.69, 9.17) is 0 Å². The number of pyridine rings is 1. The smallest absolute Gasteiger partial charge is 0.256 e. The number of carbonyl (C=O) groups excluding carboxylic acids is 3. The minimum Gasteiger partial charge on any atom is -0.396 e. The van der Waals surface area contributed by atoms with Crippen LogP contribution in [0.15, 0.2) is 60.9 Å². The number of hydrogen-bond acceptors (Lipinski definition) is 5. The lowest BCUT2D eigenvalue weighted by Gasteiger charge is -2.27. The monoisotopic (exact) mass is 516 g/mol. The number of hydrogen-bond donors (Lipinski definition) is 2. The van der Waals surface area contributed by atoms with E-state index in [0.29, 0.717) is 23.4 Å². The molecular formula is C29H29FN4O4. The number of nitrogens with zero attached hydrogens (tertiary/aromatic N) is 3. The summed E-state index contributed by atoms with van der Waals surface area (Å²) in [5.41, 5.74) is 2.83. The molecule has 8 nitrogen and oxygen atoms in total. The molecule has 2 aliphatic rings. The normalized spacial score (nSPS) is 18.2. The second-order valence-corrected chi connectivity index (χ2v) is 10.2. The number of carbonyl (C=O) groups is 3. The van der Waals surface area contributed by atoms with Gasteiger partial charge in [-0.1, -0.05) is 6.07 Å². The molecule has 1 atom stereocenters. The number of nitrogens with one attached hydrogen (secondary N) is 1. The van der Waals surface area contributed by atoms with Crippen molar-refractivity contribution in [2.24, 2.45) is 5.41 Å². The first-order chi connectivity index (χ1) is 18.2. The molecule has 1 aliphatic carbocycles. The van der Waals surface area contributed by atoms with E-state index in [2.05, 4.69) is 10.3 Å². The molecule has 196 valence electrons. The molecule has 0 saturated heterocycles. The van der Waals surface area contributed by atoms with Crippen molar-refractivity contribution in [2.45, 2.75) is 32.4 Å². The summed E-state index contributed by atoms with van der Waals surface area (Å²) in [5, 5.41) is 12.3. The maximum Gasteiger partial charge on any atom is 0.256 e. The Morgan fingerprint density at radius 1 is 1.11 bits per heavy atom. The highest BCUT2D eigenvalue weighted by Crippen LogP contribution is 2.44. The SMILES string of the molecule is C[C@@H]1C(=O)N(C)c2cc(-c3ccncc3)ccc2C(=O)N1Cc1cc(F)cc(C(=O)NCC2(CO)CC2)c1. The van der Waals surface area contributed by atoms with Crippen LogP contribution < -0.4 is 10.2 Å². The number of anilines is 1. The first-order valence-corrected chi connectivity index (χ1v) is 12.5. The van der Waals surface area contributed by atoms with E-state index in [0.717, 1.165) is 30.0 Å². The van der Waals surface area contributed by atoms with Crippen molar-refractivity contribution >= 4 is 23.4 Å². The molecule has 2 heterocycles. The van der Waals surface area contributed by atoms with E-state index in [-0.39, 0.29) is 35.9 Å². The number of benzene rings is 2. The lowest BCUT2D eigenvalue weighted by atomic mass is 10.0. The van der Waals surface area contributed by atoms with Crippen LogP contribution in [-0.2, 0) is 11.3 Å². The van der Waals surface area contributed by atoms with Gasteiger partial charge in [-0.2, -0.15) is 0 Å². The Balaban J connectivity index is 1.42. The highest BCUT2D eigenvalue weighted by atomic mass is 19.1. The van der Waals surface area contributed by atoms with Gasteiger partial charge in [0.2, 0.25) is 5.91 Å². The average Bonchev–Trinajstić information content (AvgIpc) is 3.73. The molecule has 0 bridgehead atoms. The molecule has 0 unspecified atom stereocenters. The highest BCUT2D eigenvalue weighted by molar-refractivity contribution is 6.11.